The van der Waals surface area contributed by atoms with E-state index >= 15 is 0 Å². The zero-order chi connectivity index (χ0) is 22.9. The van der Waals surface area contributed by atoms with E-state index in [0.29, 0.717) is 18.9 Å². The molecule has 0 saturated carbocycles. The molecule has 2 aromatic carbocycles. The van der Waals surface area contributed by atoms with Gasteiger partial charge in [-0.25, -0.2) is 9.78 Å². The number of carbonyl (C=O) groups excluding carboxylic acids is 1. The van der Waals surface area contributed by atoms with Crippen molar-refractivity contribution < 1.29 is 9.90 Å². The zero-order valence-corrected chi connectivity index (χ0v) is 18.6. The first-order valence-electron chi connectivity index (χ1n) is 11.1. The Morgan fingerprint density at radius 1 is 1.24 bits per heavy atom. The molecular weight excluding hydrogens is 416 g/mol. The van der Waals surface area contributed by atoms with Gasteiger partial charge < -0.3 is 20.3 Å². The van der Waals surface area contributed by atoms with Crippen LogP contribution in [0.5, 0.6) is 5.75 Å². The minimum Gasteiger partial charge on any atom is -0.508 e. The lowest BCUT2D eigenvalue weighted by Gasteiger charge is -2.25. The number of phenols is 1. The fourth-order valence-corrected chi connectivity index (χ4v) is 4.37. The zero-order valence-electron chi connectivity index (χ0n) is 18.6. The van der Waals surface area contributed by atoms with Crippen LogP contribution < -0.4 is 5.32 Å². The molecule has 33 heavy (non-hydrogen) atoms. The highest BCUT2D eigenvalue weighted by Gasteiger charge is 2.19. The van der Waals surface area contributed by atoms with E-state index in [1.165, 1.54) is 0 Å². The third-order valence-electron chi connectivity index (χ3n) is 6.18. The lowest BCUT2D eigenvalue weighted by molar-refractivity contribution is 0.205. The number of aromatic nitrogens is 4. The smallest absolute Gasteiger partial charge is 0.317 e. The van der Waals surface area contributed by atoms with Gasteiger partial charge in [0.15, 0.2) is 5.82 Å². The summed E-state index contributed by atoms with van der Waals surface area (Å²) in [6.07, 6.45) is 5.54. The highest BCUT2D eigenvalue weighted by Crippen LogP contribution is 2.32. The second kappa shape index (κ2) is 8.46. The van der Waals surface area contributed by atoms with E-state index in [1.54, 1.807) is 18.0 Å². The summed E-state index contributed by atoms with van der Waals surface area (Å²) in [7, 11) is 1.64. The topological polar surface area (TPSA) is 110 Å². The Labute approximate surface area is 191 Å². The van der Waals surface area contributed by atoms with Gasteiger partial charge >= 0.3 is 6.03 Å². The predicted octanol–water partition coefficient (Wildman–Crippen LogP) is 4.32. The summed E-state index contributed by atoms with van der Waals surface area (Å²) in [6.45, 7) is 3.32. The molecule has 8 heteroatoms. The van der Waals surface area contributed by atoms with Gasteiger partial charge in [0.1, 0.15) is 11.4 Å². The van der Waals surface area contributed by atoms with Crippen molar-refractivity contribution in [1.82, 2.24) is 30.4 Å². The number of phenolic OH excluding ortho intramolecular Hbond substituents is 1. The fourth-order valence-electron chi connectivity index (χ4n) is 4.37. The Bertz CT molecular complexity index is 1370. The number of benzene rings is 2. The number of aromatic amines is 2. The summed E-state index contributed by atoms with van der Waals surface area (Å²) in [5.41, 5.74) is 6.97. The number of urea groups is 1. The Hall–Kier alpha value is -4.07. The second-order valence-electron chi connectivity index (χ2n) is 8.14. The normalized spacial score (nSPS) is 13.9. The average molecular weight is 443 g/mol. The number of imidazole rings is 1. The highest BCUT2D eigenvalue weighted by atomic mass is 16.3. The number of fused-ring (bicyclic) bond motifs is 1. The van der Waals surface area contributed by atoms with Crippen LogP contribution in [0.25, 0.3) is 39.1 Å². The van der Waals surface area contributed by atoms with E-state index in [-0.39, 0.29) is 11.8 Å². The van der Waals surface area contributed by atoms with Crippen molar-refractivity contribution in [2.75, 3.05) is 20.1 Å². The molecule has 0 unspecified atom stereocenters. The quantitative estimate of drug-likeness (QED) is 0.377. The number of amides is 2. The predicted molar refractivity (Wildman–Crippen MR) is 129 cm³/mol. The van der Waals surface area contributed by atoms with Crippen molar-refractivity contribution in [2.24, 2.45) is 0 Å². The molecule has 0 aliphatic carbocycles. The number of aromatic hydroxyl groups is 1. The van der Waals surface area contributed by atoms with Gasteiger partial charge in [-0.15, -0.1) is 0 Å². The SMILES string of the molecule is CCc1cc(O)ccc1-c1ccc2c(-c3nc(C4=CCN(C(=O)NC)CC4)c[nH]3)n[nH]c2c1. The molecule has 168 valence electrons. The summed E-state index contributed by atoms with van der Waals surface area (Å²) in [6, 6.07) is 11.6. The van der Waals surface area contributed by atoms with Gasteiger partial charge in [-0.05, 0) is 59.4 Å². The standard InChI is InChI=1S/C25H26N6O2/c1-3-15-12-18(32)5-7-19(15)17-4-6-20-21(13-17)29-30-23(20)24-27-14-22(28-24)16-8-10-31(11-9-16)25(33)26-2/h4-8,12-14,32H,3,9-11H2,1-2H3,(H,26,33)(H,27,28)(H,29,30). The molecule has 0 spiro atoms. The van der Waals surface area contributed by atoms with Gasteiger partial charge in [0, 0.05) is 31.7 Å². The van der Waals surface area contributed by atoms with Crippen LogP contribution in [0, 0.1) is 0 Å². The minimum absolute atomic E-state index is 0.0614. The number of nitrogens with zero attached hydrogens (tertiary/aromatic N) is 3. The molecule has 0 bridgehead atoms. The highest BCUT2D eigenvalue weighted by molar-refractivity contribution is 5.94. The number of H-pyrrole nitrogens is 2. The Morgan fingerprint density at radius 3 is 2.88 bits per heavy atom. The fraction of sp³-hybridized carbons (Fsp3) is 0.240. The van der Waals surface area contributed by atoms with Crippen molar-refractivity contribution in [3.63, 3.8) is 0 Å². The molecule has 1 aliphatic rings. The Morgan fingerprint density at radius 2 is 2.12 bits per heavy atom. The molecule has 0 radical (unpaired) electrons. The van der Waals surface area contributed by atoms with E-state index in [4.69, 9.17) is 4.98 Å². The molecule has 4 N–H and O–H groups in total. The summed E-state index contributed by atoms with van der Waals surface area (Å²) in [5.74, 6) is 0.987. The molecule has 2 aromatic heterocycles. The first-order valence-corrected chi connectivity index (χ1v) is 11.1. The Kier molecular flexibility index (Phi) is 5.34. The monoisotopic (exact) mass is 442 g/mol. The van der Waals surface area contributed by atoms with E-state index in [2.05, 4.69) is 51.7 Å². The number of nitrogens with one attached hydrogen (secondary N) is 3. The molecule has 0 saturated heterocycles. The van der Waals surface area contributed by atoms with E-state index in [1.807, 2.05) is 18.3 Å². The van der Waals surface area contributed by atoms with Gasteiger partial charge in [-0.3, -0.25) is 5.10 Å². The molecule has 0 fully saturated rings. The van der Waals surface area contributed by atoms with Crippen LogP contribution >= 0.6 is 0 Å². The van der Waals surface area contributed by atoms with E-state index in [0.717, 1.165) is 57.4 Å². The third-order valence-corrected chi connectivity index (χ3v) is 6.18. The van der Waals surface area contributed by atoms with Gasteiger partial charge in [-0.1, -0.05) is 25.1 Å². The largest absolute Gasteiger partial charge is 0.508 e. The molecular formula is C25H26N6O2. The van der Waals surface area contributed by atoms with Crippen molar-refractivity contribution in [1.29, 1.82) is 0 Å². The van der Waals surface area contributed by atoms with Crippen LogP contribution in [0.15, 0.2) is 48.7 Å². The van der Waals surface area contributed by atoms with Crippen LogP contribution in [0.2, 0.25) is 0 Å². The number of hydrogen-bond acceptors (Lipinski definition) is 4. The van der Waals surface area contributed by atoms with Gasteiger partial charge in [0.25, 0.3) is 0 Å². The summed E-state index contributed by atoms with van der Waals surface area (Å²) in [4.78, 5) is 21.6. The number of rotatable bonds is 4. The van der Waals surface area contributed by atoms with E-state index < -0.39 is 0 Å². The van der Waals surface area contributed by atoms with Crippen LogP contribution in [0.1, 0.15) is 24.6 Å². The van der Waals surface area contributed by atoms with Crippen LogP contribution in [-0.2, 0) is 6.42 Å². The summed E-state index contributed by atoms with van der Waals surface area (Å²) in [5, 5.41) is 21.1. The first-order chi connectivity index (χ1) is 16.1. The van der Waals surface area contributed by atoms with Gasteiger partial charge in [0.05, 0.1) is 11.2 Å². The third kappa shape index (κ3) is 3.84. The second-order valence-corrected chi connectivity index (χ2v) is 8.14. The van der Waals surface area contributed by atoms with Crippen LogP contribution in [0.3, 0.4) is 0 Å². The van der Waals surface area contributed by atoms with Crippen molar-refractivity contribution >= 4 is 22.5 Å². The molecule has 8 nitrogen and oxygen atoms in total. The summed E-state index contributed by atoms with van der Waals surface area (Å²) >= 11 is 0. The lowest BCUT2D eigenvalue weighted by Crippen LogP contribution is -2.40. The van der Waals surface area contributed by atoms with E-state index in [9.17, 15) is 9.90 Å². The van der Waals surface area contributed by atoms with Gasteiger partial charge in [0.2, 0.25) is 0 Å². The summed E-state index contributed by atoms with van der Waals surface area (Å²) < 4.78 is 0. The van der Waals surface area contributed by atoms with Crippen LogP contribution in [-0.4, -0.2) is 56.3 Å². The van der Waals surface area contributed by atoms with Crippen molar-refractivity contribution in [3.8, 4) is 28.4 Å². The average Bonchev–Trinajstić information content (AvgIpc) is 3.50. The first kappa shape index (κ1) is 20.8. The Balaban J connectivity index is 1.43. The van der Waals surface area contributed by atoms with Crippen LogP contribution in [0.4, 0.5) is 4.79 Å². The van der Waals surface area contributed by atoms with Gasteiger partial charge in [-0.2, -0.15) is 5.10 Å². The van der Waals surface area contributed by atoms with Crippen molar-refractivity contribution in [3.05, 3.63) is 59.9 Å². The number of hydrogen-bond donors (Lipinski definition) is 4. The molecule has 1 aliphatic heterocycles. The maximum atomic E-state index is 11.8. The minimum atomic E-state index is -0.0614. The lowest BCUT2D eigenvalue weighted by atomic mass is 9.97. The number of carbonyl (C=O) groups is 1. The molecule has 3 heterocycles. The number of aryl methyl sites for hydroxylation is 1. The molecule has 2 amide bonds. The maximum Gasteiger partial charge on any atom is 0.317 e. The van der Waals surface area contributed by atoms with Crippen molar-refractivity contribution in [2.45, 2.75) is 19.8 Å². The molecule has 0 atom stereocenters. The molecule has 4 aromatic rings. The maximum absolute atomic E-state index is 11.8. The molecule has 5 rings (SSSR count).